The van der Waals surface area contributed by atoms with Crippen molar-refractivity contribution in [3.05, 3.63) is 0 Å². The molecule has 25 valence electrons. The van der Waals surface area contributed by atoms with Gasteiger partial charge >= 0.3 is 40.8 Å². The Morgan fingerprint density at radius 1 is 1.25 bits per heavy atom. The minimum absolute atomic E-state index is 0. The van der Waals surface area contributed by atoms with Crippen LogP contribution in [0.5, 0.6) is 0 Å². The van der Waals surface area contributed by atoms with Gasteiger partial charge in [-0.2, -0.15) is 0 Å². The molecule has 0 aromatic rings. The van der Waals surface area contributed by atoms with Crippen molar-refractivity contribution in [2.75, 3.05) is 0 Å². The fourth-order valence-corrected chi connectivity index (χ4v) is 0. The summed E-state index contributed by atoms with van der Waals surface area (Å²) in [5.41, 5.74) is 0. The third-order valence-electron chi connectivity index (χ3n) is 0. The van der Waals surface area contributed by atoms with Crippen molar-refractivity contribution >= 4 is 8.41 Å². The molecular weight excluding hydrogens is 227 g/mol. The van der Waals surface area contributed by atoms with Crippen molar-refractivity contribution in [1.82, 2.24) is 0 Å². The van der Waals surface area contributed by atoms with Crippen molar-refractivity contribution in [2.24, 2.45) is 0 Å². The first-order valence-electron chi connectivity index (χ1n) is 0.224. The van der Waals surface area contributed by atoms with Gasteiger partial charge in [0.25, 0.3) is 0 Å². The van der Waals surface area contributed by atoms with Gasteiger partial charge in [0, 0.05) is 17.1 Å². The topological polar surface area (TPSA) is 20.2 Å². The number of rotatable bonds is 0. The molecule has 1 N–H and O–H groups in total. The van der Waals surface area contributed by atoms with Crippen LogP contribution in [-0.4, -0.2) is 9.85 Å². The minimum atomic E-state index is 0. The molecule has 0 saturated heterocycles. The van der Waals surface area contributed by atoms with Gasteiger partial charge in [-0.3, -0.25) is 0 Å². The Morgan fingerprint density at radius 2 is 1.25 bits per heavy atom. The van der Waals surface area contributed by atoms with Crippen LogP contribution >= 0.6 is 0 Å². The van der Waals surface area contributed by atoms with E-state index in [1.165, 1.54) is 0 Å². The zero-order chi connectivity index (χ0) is 2.00. The van der Waals surface area contributed by atoms with Crippen LogP contribution in [0.3, 0.4) is 0 Å². The van der Waals surface area contributed by atoms with Crippen molar-refractivity contribution < 1.29 is 57.9 Å². The Morgan fingerprint density at radius 3 is 1.25 bits per heavy atom. The van der Waals surface area contributed by atoms with Gasteiger partial charge < -0.3 is 0 Å². The maximum atomic E-state index is 7.14. The SMILES string of the molecule is B.[Fe].[OH][Nd]. The van der Waals surface area contributed by atoms with E-state index < -0.39 is 0 Å². The Kier molecular flexibility index (Phi) is 87.1. The van der Waals surface area contributed by atoms with Crippen LogP contribution in [0.15, 0.2) is 0 Å². The summed E-state index contributed by atoms with van der Waals surface area (Å²) < 4.78 is 7.14. The zero-order valence-corrected chi connectivity index (χ0v) is 5.61. The zero-order valence-electron chi connectivity index (χ0n) is 1.30. The van der Waals surface area contributed by atoms with Gasteiger partial charge in [-0.15, -0.1) is 0 Å². The van der Waals surface area contributed by atoms with Gasteiger partial charge in [0.15, 0.2) is 0 Å². The molecule has 0 aliphatic heterocycles. The van der Waals surface area contributed by atoms with E-state index in [0.29, 0.717) is 39.4 Å². The Bertz CT molecular complexity index is 8.00. The van der Waals surface area contributed by atoms with Gasteiger partial charge in [0.1, 0.15) is 0 Å². The quantitative estimate of drug-likeness (QED) is 0.490. The fourth-order valence-electron chi connectivity index (χ4n) is 0. The molecule has 0 fully saturated rings. The molecule has 0 aromatic heterocycles. The normalized spacial score (nSPS) is 1.00. The molecule has 0 unspecified atom stereocenters. The van der Waals surface area contributed by atoms with E-state index >= 15 is 0 Å². The van der Waals surface area contributed by atoms with Crippen LogP contribution in [0.4, 0.5) is 0 Å². The molecule has 0 spiro atoms. The van der Waals surface area contributed by atoms with Crippen molar-refractivity contribution in [3.63, 3.8) is 0 Å². The van der Waals surface area contributed by atoms with Crippen LogP contribution < -0.4 is 0 Å². The third-order valence-corrected chi connectivity index (χ3v) is 0. The summed E-state index contributed by atoms with van der Waals surface area (Å²) in [6, 6.07) is 0. The van der Waals surface area contributed by atoms with Crippen LogP contribution in [0.1, 0.15) is 0 Å². The van der Waals surface area contributed by atoms with E-state index in [-0.39, 0.29) is 25.5 Å². The maximum absolute atomic E-state index is 7.14. The molecule has 4 heteroatoms. The molecule has 0 rings (SSSR count). The molecule has 0 bridgehead atoms. The van der Waals surface area contributed by atoms with Gasteiger partial charge in [0.2, 0.25) is 0 Å². The summed E-state index contributed by atoms with van der Waals surface area (Å²) in [6.07, 6.45) is 0. The average molecular weight is 231 g/mol. The monoisotopic (exact) mass is 229 g/mol. The molecule has 0 aromatic carbocycles. The Balaban J connectivity index is -0.00000000500. The average Bonchev–Trinajstić information content (AvgIpc) is 1.00. The summed E-state index contributed by atoms with van der Waals surface area (Å²) in [5, 5.41) is 0. The molecule has 0 amide bonds. The summed E-state index contributed by atoms with van der Waals surface area (Å²) in [4.78, 5) is 0. The number of hydrogen-bond donors (Lipinski definition) is 1. The first kappa shape index (κ1) is 16.9. The van der Waals surface area contributed by atoms with Crippen molar-refractivity contribution in [3.8, 4) is 0 Å². The van der Waals surface area contributed by atoms with Gasteiger partial charge in [0.05, 0.1) is 8.41 Å². The van der Waals surface area contributed by atoms with E-state index in [1.54, 1.807) is 0 Å². The van der Waals surface area contributed by atoms with Gasteiger partial charge in [-0.1, -0.05) is 0 Å². The second-order valence-corrected chi connectivity index (χ2v) is 0. The van der Waals surface area contributed by atoms with Gasteiger partial charge in [-0.25, -0.2) is 0 Å². The molecule has 0 radical (unpaired) electrons. The predicted octanol–water partition coefficient (Wildman–Crippen LogP) is -1.74. The Labute approximate surface area is 65.3 Å². The fraction of sp³-hybridized carbons (Fsp3) is 0. The Hall–Kier alpha value is 1.90. The first-order chi connectivity index (χ1) is 1.00. The molecular formula is H4BFeNdO. The number of hydrogen-bond acceptors (Lipinski definition) is 1. The standard InChI is InChI=1S/BH3.Fe.Nd.H2O/h1H3;;;1H2/q;;+1;/p-1. The first-order valence-corrected chi connectivity index (χ1v) is 1.66. The summed E-state index contributed by atoms with van der Waals surface area (Å²) in [5.74, 6) is 0. The van der Waals surface area contributed by atoms with Crippen LogP contribution in [0.25, 0.3) is 0 Å². The molecule has 4 heavy (non-hydrogen) atoms. The molecule has 1 nitrogen and oxygen atoms in total. The third kappa shape index (κ3) is 9.09. The van der Waals surface area contributed by atoms with E-state index in [0.717, 1.165) is 0 Å². The van der Waals surface area contributed by atoms with Crippen LogP contribution in [0.2, 0.25) is 0 Å². The van der Waals surface area contributed by atoms with Crippen LogP contribution in [0, 0.1) is 39.4 Å². The van der Waals surface area contributed by atoms with Gasteiger partial charge in [-0.05, 0) is 0 Å². The van der Waals surface area contributed by atoms with Crippen LogP contribution in [-0.2, 0) is 17.1 Å². The van der Waals surface area contributed by atoms with E-state index in [2.05, 4.69) is 0 Å². The van der Waals surface area contributed by atoms with Crippen molar-refractivity contribution in [1.29, 1.82) is 0 Å². The summed E-state index contributed by atoms with van der Waals surface area (Å²) in [7, 11) is 0. The van der Waals surface area contributed by atoms with E-state index in [9.17, 15) is 0 Å². The van der Waals surface area contributed by atoms with E-state index in [4.69, 9.17) is 1.43 Å². The second-order valence-electron chi connectivity index (χ2n) is 0. The summed E-state index contributed by atoms with van der Waals surface area (Å²) in [6.45, 7) is 0. The second kappa shape index (κ2) is 20.7. The molecule has 0 atom stereocenters. The van der Waals surface area contributed by atoms with Crippen molar-refractivity contribution in [2.45, 2.75) is 0 Å². The molecule has 0 heterocycles. The molecule has 0 aliphatic rings. The molecule has 0 saturated carbocycles. The molecule has 0 aliphatic carbocycles. The predicted molar refractivity (Wildman–Crippen MR) is 12.2 cm³/mol. The van der Waals surface area contributed by atoms with E-state index in [1.807, 2.05) is 0 Å². The summed E-state index contributed by atoms with van der Waals surface area (Å²) >= 11 is 0.306.